The number of furan rings is 1. The lowest BCUT2D eigenvalue weighted by molar-refractivity contribution is -0.142. The summed E-state index contributed by atoms with van der Waals surface area (Å²) in [5.74, 6) is -1.90. The van der Waals surface area contributed by atoms with E-state index < -0.39 is 29.9 Å². The third-order valence-electron chi connectivity index (χ3n) is 3.25. The maximum Gasteiger partial charge on any atom is 0.326 e. The number of carboxylic acid groups (broad SMARTS) is 1. The number of rotatable bonds is 10. The Labute approximate surface area is 150 Å². The van der Waals surface area contributed by atoms with Gasteiger partial charge in [0.2, 0.25) is 11.8 Å². The molecule has 0 aromatic carbocycles. The molecule has 1 aromatic rings. The quantitative estimate of drug-likeness (QED) is 0.160. The van der Waals surface area contributed by atoms with Gasteiger partial charge in [0, 0.05) is 12.6 Å². The van der Waals surface area contributed by atoms with E-state index in [9.17, 15) is 19.5 Å². The molecule has 2 atom stereocenters. The van der Waals surface area contributed by atoms with Crippen LogP contribution >= 0.6 is 0 Å². The van der Waals surface area contributed by atoms with Crippen LogP contribution in [0, 0.1) is 0 Å². The number of hydrogen-bond acceptors (Lipinski definition) is 5. The fourth-order valence-electron chi connectivity index (χ4n) is 1.93. The highest BCUT2D eigenvalue weighted by atomic mass is 16.4. The van der Waals surface area contributed by atoms with Crippen LogP contribution < -0.4 is 22.1 Å². The molecule has 0 bridgehead atoms. The van der Waals surface area contributed by atoms with Crippen molar-refractivity contribution in [3.63, 3.8) is 0 Å². The van der Waals surface area contributed by atoms with Gasteiger partial charge in [-0.15, -0.1) is 0 Å². The second-order valence-electron chi connectivity index (χ2n) is 5.43. The Bertz CT molecular complexity index is 665. The molecule has 1 aromatic heterocycles. The first-order valence-corrected chi connectivity index (χ1v) is 7.90. The molecule has 26 heavy (non-hydrogen) atoms. The van der Waals surface area contributed by atoms with E-state index in [1.54, 1.807) is 12.1 Å². The highest BCUT2D eigenvalue weighted by Crippen LogP contribution is 2.02. The molecule has 0 aliphatic rings. The van der Waals surface area contributed by atoms with Gasteiger partial charge in [0.05, 0.1) is 6.26 Å². The molecule has 0 saturated carbocycles. The van der Waals surface area contributed by atoms with Crippen LogP contribution in [0.1, 0.15) is 25.5 Å². The van der Waals surface area contributed by atoms with E-state index in [1.807, 2.05) is 0 Å². The molecule has 2 amide bonds. The van der Waals surface area contributed by atoms with Gasteiger partial charge in [-0.05, 0) is 38.0 Å². The number of nitrogens with one attached hydrogen (secondary N) is 2. The zero-order chi connectivity index (χ0) is 19.5. The Morgan fingerprint density at radius 3 is 2.65 bits per heavy atom. The summed E-state index contributed by atoms with van der Waals surface area (Å²) in [6.07, 6.45) is 4.65. The zero-order valence-corrected chi connectivity index (χ0v) is 14.3. The molecule has 0 saturated heterocycles. The molecule has 0 aliphatic heterocycles. The Morgan fingerprint density at radius 2 is 2.08 bits per heavy atom. The van der Waals surface area contributed by atoms with E-state index in [0.29, 0.717) is 12.2 Å². The van der Waals surface area contributed by atoms with Gasteiger partial charge in [0.15, 0.2) is 5.96 Å². The van der Waals surface area contributed by atoms with Crippen molar-refractivity contribution in [2.45, 2.75) is 31.8 Å². The molecule has 10 heteroatoms. The smallest absolute Gasteiger partial charge is 0.326 e. The lowest BCUT2D eigenvalue weighted by Crippen LogP contribution is -2.50. The first-order chi connectivity index (χ1) is 12.3. The predicted molar refractivity (Wildman–Crippen MR) is 94.8 cm³/mol. The Balaban J connectivity index is 2.47. The van der Waals surface area contributed by atoms with E-state index in [4.69, 9.17) is 15.9 Å². The maximum atomic E-state index is 12.1. The average Bonchev–Trinajstić information content (AvgIpc) is 3.08. The van der Waals surface area contributed by atoms with E-state index in [2.05, 4.69) is 15.6 Å². The number of carbonyl (C=O) groups excluding carboxylic acids is 2. The summed E-state index contributed by atoms with van der Waals surface area (Å²) in [5, 5.41) is 14.0. The lowest BCUT2D eigenvalue weighted by atomic mass is 10.1. The summed E-state index contributed by atoms with van der Waals surface area (Å²) in [6, 6.07) is 1.32. The van der Waals surface area contributed by atoms with Crippen LogP contribution in [0.3, 0.4) is 0 Å². The van der Waals surface area contributed by atoms with E-state index in [-0.39, 0.29) is 18.9 Å². The Morgan fingerprint density at radius 1 is 1.35 bits per heavy atom. The van der Waals surface area contributed by atoms with Gasteiger partial charge in [0.25, 0.3) is 0 Å². The van der Waals surface area contributed by atoms with Gasteiger partial charge in [0.1, 0.15) is 17.8 Å². The Hall–Kier alpha value is -3.30. The number of carbonyl (C=O) groups is 3. The maximum absolute atomic E-state index is 12.1. The first-order valence-electron chi connectivity index (χ1n) is 7.90. The molecule has 0 spiro atoms. The molecule has 0 unspecified atom stereocenters. The molecule has 7 N–H and O–H groups in total. The van der Waals surface area contributed by atoms with Crippen LogP contribution in [0.2, 0.25) is 0 Å². The molecule has 0 radical (unpaired) electrons. The van der Waals surface area contributed by atoms with Crippen LogP contribution in [0.4, 0.5) is 0 Å². The van der Waals surface area contributed by atoms with Gasteiger partial charge in [-0.3, -0.25) is 14.6 Å². The van der Waals surface area contributed by atoms with Crippen molar-refractivity contribution in [3.8, 4) is 0 Å². The normalized spacial score (nSPS) is 13.0. The van der Waals surface area contributed by atoms with E-state index >= 15 is 0 Å². The highest BCUT2D eigenvalue weighted by Gasteiger charge is 2.23. The Kier molecular flexibility index (Phi) is 8.41. The number of aliphatic carboxylic acids is 1. The first kappa shape index (κ1) is 20.7. The van der Waals surface area contributed by atoms with Gasteiger partial charge in [-0.1, -0.05) is 0 Å². The molecule has 0 aliphatic carbocycles. The molecule has 1 heterocycles. The lowest BCUT2D eigenvalue weighted by Gasteiger charge is -2.18. The monoisotopic (exact) mass is 365 g/mol. The van der Waals surface area contributed by atoms with Gasteiger partial charge < -0.3 is 31.6 Å². The van der Waals surface area contributed by atoms with Crippen LogP contribution in [0.5, 0.6) is 0 Å². The molecular weight excluding hydrogens is 342 g/mol. The van der Waals surface area contributed by atoms with Crippen molar-refractivity contribution >= 4 is 29.8 Å². The van der Waals surface area contributed by atoms with Gasteiger partial charge in [-0.25, -0.2) is 4.79 Å². The fraction of sp³-hybridized carbons (Fsp3) is 0.375. The number of guanidine groups is 1. The van der Waals surface area contributed by atoms with Gasteiger partial charge >= 0.3 is 5.97 Å². The number of hydrogen-bond donors (Lipinski definition) is 5. The number of carboxylic acids is 1. The van der Waals surface area contributed by atoms with Crippen molar-refractivity contribution in [3.05, 3.63) is 30.2 Å². The van der Waals surface area contributed by atoms with Crippen molar-refractivity contribution < 1.29 is 23.9 Å². The zero-order valence-electron chi connectivity index (χ0n) is 14.3. The molecule has 1 rings (SSSR count). The summed E-state index contributed by atoms with van der Waals surface area (Å²) in [5.41, 5.74) is 10.4. The topological polar surface area (TPSA) is 173 Å². The summed E-state index contributed by atoms with van der Waals surface area (Å²) in [7, 11) is 0. The van der Waals surface area contributed by atoms with Gasteiger partial charge in [-0.2, -0.15) is 0 Å². The molecule has 10 nitrogen and oxygen atoms in total. The van der Waals surface area contributed by atoms with E-state index in [0.717, 1.165) is 0 Å². The third kappa shape index (κ3) is 7.99. The van der Waals surface area contributed by atoms with E-state index in [1.165, 1.54) is 25.3 Å². The van der Waals surface area contributed by atoms with Crippen LogP contribution in [-0.4, -0.2) is 47.5 Å². The minimum Gasteiger partial charge on any atom is -0.480 e. The van der Waals surface area contributed by atoms with Crippen molar-refractivity contribution in [2.24, 2.45) is 16.5 Å². The number of nitrogens with two attached hydrogens (primary N) is 2. The predicted octanol–water partition coefficient (Wildman–Crippen LogP) is -0.579. The average molecular weight is 365 g/mol. The minimum absolute atomic E-state index is 0.0835. The largest absolute Gasteiger partial charge is 0.480 e. The second kappa shape index (κ2) is 10.5. The highest BCUT2D eigenvalue weighted by molar-refractivity contribution is 5.95. The van der Waals surface area contributed by atoms with Crippen molar-refractivity contribution in [1.29, 1.82) is 0 Å². The SMILES string of the molecule is C[C@H](NC(=O)/C=C\c1ccco1)C(=O)N[C@@H](CCCN=C(N)N)C(=O)O. The van der Waals surface area contributed by atoms with Crippen LogP contribution in [0.15, 0.2) is 33.9 Å². The third-order valence-corrected chi connectivity index (χ3v) is 3.25. The van der Waals surface area contributed by atoms with Crippen molar-refractivity contribution in [1.82, 2.24) is 10.6 Å². The minimum atomic E-state index is -1.18. The summed E-state index contributed by atoms with van der Waals surface area (Å²) in [6.45, 7) is 1.71. The molecule has 0 fully saturated rings. The summed E-state index contributed by atoms with van der Waals surface area (Å²) in [4.78, 5) is 38.8. The number of amides is 2. The molecular formula is C16H23N5O5. The van der Waals surface area contributed by atoms with Crippen LogP contribution in [-0.2, 0) is 14.4 Å². The second-order valence-corrected chi connectivity index (χ2v) is 5.43. The number of aliphatic imine (C=N–C) groups is 1. The summed E-state index contributed by atoms with van der Waals surface area (Å²) >= 11 is 0. The van der Waals surface area contributed by atoms with Crippen molar-refractivity contribution in [2.75, 3.05) is 6.54 Å². The number of nitrogens with zero attached hydrogens (tertiary/aromatic N) is 1. The molecule has 142 valence electrons. The van der Waals surface area contributed by atoms with Crippen LogP contribution in [0.25, 0.3) is 6.08 Å². The fourth-order valence-corrected chi connectivity index (χ4v) is 1.93. The summed E-state index contributed by atoms with van der Waals surface area (Å²) < 4.78 is 5.04. The standard InChI is InChI=1S/C16H23N5O5/c1-10(20-13(22)7-6-11-4-3-9-26-11)14(23)21-12(15(24)25)5-2-8-19-16(17)18/h3-4,6-7,9-10,12H,2,5,8H2,1H3,(H,20,22)(H,21,23)(H,24,25)(H4,17,18,19)/b7-6-/t10-,12-/m0/s1.